The van der Waals surface area contributed by atoms with Gasteiger partial charge in [-0.3, -0.25) is 4.79 Å². The van der Waals surface area contributed by atoms with Crippen LogP contribution in [-0.2, 0) is 15.3 Å². The number of hydrogen-bond donors (Lipinski definition) is 1. The van der Waals surface area contributed by atoms with E-state index in [1.165, 1.54) is 11.8 Å². The fourth-order valence-electron chi connectivity index (χ4n) is 1.50. The van der Waals surface area contributed by atoms with E-state index in [4.69, 9.17) is 15.2 Å². The topological polar surface area (TPSA) is 61.5 Å². The Morgan fingerprint density at radius 1 is 1.37 bits per heavy atom. The molecule has 0 fully saturated rings. The van der Waals surface area contributed by atoms with E-state index in [1.807, 2.05) is 32.9 Å². The van der Waals surface area contributed by atoms with Gasteiger partial charge in [-0.25, -0.2) is 0 Å². The molecular formula is C14H21NO3S. The Bertz CT molecular complexity index is 441. The quantitative estimate of drug-likeness (QED) is 0.665. The van der Waals surface area contributed by atoms with Crippen LogP contribution in [0.25, 0.3) is 0 Å². The smallest absolute Gasteiger partial charge is 0.316 e. The second-order valence-electron chi connectivity index (χ2n) is 5.15. The van der Waals surface area contributed by atoms with Crippen molar-refractivity contribution in [2.24, 2.45) is 0 Å². The van der Waals surface area contributed by atoms with Gasteiger partial charge in [0.25, 0.3) is 0 Å². The summed E-state index contributed by atoms with van der Waals surface area (Å²) in [4.78, 5) is 11.6. The van der Waals surface area contributed by atoms with Gasteiger partial charge in [0.05, 0.1) is 12.9 Å². The van der Waals surface area contributed by atoms with Crippen molar-refractivity contribution in [3.8, 4) is 5.75 Å². The Balaban J connectivity index is 2.47. The summed E-state index contributed by atoms with van der Waals surface area (Å²) in [7, 11) is 1.61. The highest BCUT2D eigenvalue weighted by Gasteiger charge is 2.16. The number of methoxy groups -OCH3 is 1. The van der Waals surface area contributed by atoms with Gasteiger partial charge >= 0.3 is 5.97 Å². The zero-order valence-electron chi connectivity index (χ0n) is 11.9. The molecule has 1 rings (SSSR count). The Labute approximate surface area is 118 Å². The van der Waals surface area contributed by atoms with Gasteiger partial charge in [-0.2, -0.15) is 0 Å². The first kappa shape index (κ1) is 15.7. The van der Waals surface area contributed by atoms with Crippen molar-refractivity contribution in [1.82, 2.24) is 0 Å². The van der Waals surface area contributed by atoms with E-state index in [0.717, 1.165) is 11.3 Å². The molecule has 0 atom stereocenters. The molecule has 19 heavy (non-hydrogen) atoms. The van der Waals surface area contributed by atoms with E-state index < -0.39 is 5.60 Å². The van der Waals surface area contributed by atoms with Crippen LogP contribution in [-0.4, -0.2) is 24.4 Å². The lowest BCUT2D eigenvalue weighted by atomic mass is 10.2. The highest BCUT2D eigenvalue weighted by atomic mass is 32.2. The maximum Gasteiger partial charge on any atom is 0.316 e. The van der Waals surface area contributed by atoms with Gasteiger partial charge in [0.2, 0.25) is 0 Å². The van der Waals surface area contributed by atoms with Crippen LogP contribution in [0.2, 0.25) is 0 Å². The summed E-state index contributed by atoms with van der Waals surface area (Å²) < 4.78 is 10.5. The number of carbonyl (C=O) groups excluding carboxylic acids is 1. The van der Waals surface area contributed by atoms with Crippen LogP contribution in [0.15, 0.2) is 18.2 Å². The molecule has 106 valence electrons. The summed E-state index contributed by atoms with van der Waals surface area (Å²) in [6, 6.07) is 5.52. The molecule has 0 aliphatic heterocycles. The minimum absolute atomic E-state index is 0.202. The number of hydrogen-bond acceptors (Lipinski definition) is 5. The third-order valence-corrected chi connectivity index (χ3v) is 3.16. The number of nitrogens with two attached hydrogens (primary N) is 1. The molecular weight excluding hydrogens is 262 g/mol. The number of carbonyl (C=O) groups is 1. The average Bonchev–Trinajstić information content (AvgIpc) is 2.28. The number of anilines is 1. The molecule has 1 aromatic carbocycles. The molecule has 0 aliphatic carbocycles. The van der Waals surface area contributed by atoms with Crippen LogP contribution >= 0.6 is 11.8 Å². The number of ether oxygens (including phenoxy) is 2. The molecule has 5 heteroatoms. The second-order valence-corrected chi connectivity index (χ2v) is 6.14. The summed E-state index contributed by atoms with van der Waals surface area (Å²) >= 11 is 1.50. The lowest BCUT2D eigenvalue weighted by Gasteiger charge is -2.19. The van der Waals surface area contributed by atoms with Gasteiger partial charge in [-0.1, -0.05) is 6.07 Å². The fraction of sp³-hybridized carbons (Fsp3) is 0.500. The van der Waals surface area contributed by atoms with Gasteiger partial charge in [-0.15, -0.1) is 11.8 Å². The van der Waals surface area contributed by atoms with E-state index in [0.29, 0.717) is 17.2 Å². The molecule has 0 spiro atoms. The summed E-state index contributed by atoms with van der Waals surface area (Å²) in [6.07, 6.45) is 0. The number of rotatable bonds is 5. The minimum atomic E-state index is -0.434. The molecule has 0 aliphatic rings. The molecule has 0 saturated carbocycles. The molecule has 0 radical (unpaired) electrons. The number of thioether (sulfide) groups is 1. The maximum atomic E-state index is 11.6. The zero-order valence-corrected chi connectivity index (χ0v) is 12.7. The first-order valence-corrected chi connectivity index (χ1v) is 7.19. The van der Waals surface area contributed by atoms with Gasteiger partial charge in [-0.05, 0) is 26.8 Å². The number of benzene rings is 1. The maximum absolute atomic E-state index is 11.6. The average molecular weight is 283 g/mol. The van der Waals surface area contributed by atoms with Crippen LogP contribution in [0, 0.1) is 0 Å². The number of esters is 1. The molecule has 1 aromatic rings. The largest absolute Gasteiger partial charge is 0.496 e. The Kier molecular flexibility index (Phi) is 5.54. The molecule has 0 unspecified atom stereocenters. The van der Waals surface area contributed by atoms with Crippen molar-refractivity contribution in [3.05, 3.63) is 23.8 Å². The Hall–Kier alpha value is -1.36. The minimum Gasteiger partial charge on any atom is -0.496 e. The SMILES string of the molecule is COc1cc(N)ccc1CSCC(=O)OC(C)(C)C. The van der Waals surface area contributed by atoms with Crippen molar-refractivity contribution in [2.45, 2.75) is 32.1 Å². The van der Waals surface area contributed by atoms with Crippen molar-refractivity contribution in [2.75, 3.05) is 18.6 Å². The van der Waals surface area contributed by atoms with E-state index in [-0.39, 0.29) is 5.97 Å². The Morgan fingerprint density at radius 2 is 2.05 bits per heavy atom. The normalized spacial score (nSPS) is 11.2. The molecule has 0 aromatic heterocycles. The third-order valence-electron chi connectivity index (χ3n) is 2.21. The summed E-state index contributed by atoms with van der Waals surface area (Å²) in [5.41, 5.74) is 6.94. The van der Waals surface area contributed by atoms with Gasteiger partial charge in [0.15, 0.2) is 0 Å². The third kappa shape index (κ3) is 5.87. The molecule has 0 bridgehead atoms. The van der Waals surface area contributed by atoms with Crippen LogP contribution in [0.5, 0.6) is 5.75 Å². The highest BCUT2D eigenvalue weighted by molar-refractivity contribution is 7.99. The highest BCUT2D eigenvalue weighted by Crippen LogP contribution is 2.25. The van der Waals surface area contributed by atoms with Crippen molar-refractivity contribution in [3.63, 3.8) is 0 Å². The lowest BCUT2D eigenvalue weighted by molar-refractivity contribution is -0.151. The van der Waals surface area contributed by atoms with Crippen LogP contribution < -0.4 is 10.5 Å². The summed E-state index contributed by atoms with van der Waals surface area (Å²) in [6.45, 7) is 5.58. The van der Waals surface area contributed by atoms with Crippen molar-refractivity contribution >= 4 is 23.4 Å². The van der Waals surface area contributed by atoms with E-state index in [1.54, 1.807) is 13.2 Å². The summed E-state index contributed by atoms with van der Waals surface area (Å²) in [5.74, 6) is 1.55. The second kappa shape index (κ2) is 6.70. The first-order valence-electron chi connectivity index (χ1n) is 6.04. The molecule has 0 heterocycles. The van der Waals surface area contributed by atoms with Gasteiger partial charge in [0, 0.05) is 23.1 Å². The van der Waals surface area contributed by atoms with Crippen molar-refractivity contribution in [1.29, 1.82) is 0 Å². The van der Waals surface area contributed by atoms with Crippen molar-refractivity contribution < 1.29 is 14.3 Å². The van der Waals surface area contributed by atoms with Crippen LogP contribution in [0.4, 0.5) is 5.69 Å². The van der Waals surface area contributed by atoms with Gasteiger partial charge in [0.1, 0.15) is 11.4 Å². The van der Waals surface area contributed by atoms with E-state index >= 15 is 0 Å². The molecule has 0 saturated heterocycles. The van der Waals surface area contributed by atoms with Crippen LogP contribution in [0.1, 0.15) is 26.3 Å². The zero-order chi connectivity index (χ0) is 14.5. The fourth-order valence-corrected chi connectivity index (χ4v) is 2.28. The monoisotopic (exact) mass is 283 g/mol. The van der Waals surface area contributed by atoms with E-state index in [2.05, 4.69) is 0 Å². The Morgan fingerprint density at radius 3 is 2.63 bits per heavy atom. The van der Waals surface area contributed by atoms with Crippen LogP contribution in [0.3, 0.4) is 0 Å². The molecule has 4 nitrogen and oxygen atoms in total. The summed E-state index contributed by atoms with van der Waals surface area (Å²) in [5, 5.41) is 0. The number of nitrogen functional groups attached to an aromatic ring is 1. The molecule has 2 N–H and O–H groups in total. The predicted molar refractivity (Wildman–Crippen MR) is 79.4 cm³/mol. The first-order chi connectivity index (χ1) is 8.81. The van der Waals surface area contributed by atoms with E-state index in [9.17, 15) is 4.79 Å². The van der Waals surface area contributed by atoms with Gasteiger partial charge < -0.3 is 15.2 Å². The molecule has 0 amide bonds. The predicted octanol–water partition coefficient (Wildman–Crippen LogP) is 2.85. The lowest BCUT2D eigenvalue weighted by Crippen LogP contribution is -2.24. The standard InChI is InChI=1S/C14H21NO3S/c1-14(2,3)18-13(16)9-19-8-10-5-6-11(15)7-12(10)17-4/h5-7H,8-9,15H2,1-4H3.